The summed E-state index contributed by atoms with van der Waals surface area (Å²) in [6, 6.07) is 5.70. The van der Waals surface area contributed by atoms with Gasteiger partial charge in [0.15, 0.2) is 5.69 Å². The Morgan fingerprint density at radius 1 is 1.44 bits per heavy atom. The fraction of sp³-hybridized carbons (Fsp3) is 0.182. The summed E-state index contributed by atoms with van der Waals surface area (Å²) >= 11 is 0. The highest BCUT2D eigenvalue weighted by molar-refractivity contribution is 5.53. The Morgan fingerprint density at radius 3 is 3.12 bits per heavy atom. The van der Waals surface area contributed by atoms with Crippen molar-refractivity contribution < 1.29 is 0 Å². The minimum absolute atomic E-state index is 0.424. The van der Waals surface area contributed by atoms with Crippen LogP contribution in [0, 0.1) is 11.3 Å². The minimum Gasteiger partial charge on any atom is -0.381 e. The minimum atomic E-state index is 0.424. The topological polar surface area (TPSA) is 66.5 Å². The van der Waals surface area contributed by atoms with E-state index in [1.165, 1.54) is 0 Å². The van der Waals surface area contributed by atoms with Crippen LogP contribution >= 0.6 is 0 Å². The van der Waals surface area contributed by atoms with Gasteiger partial charge in [-0.2, -0.15) is 5.26 Å². The van der Waals surface area contributed by atoms with E-state index in [2.05, 4.69) is 15.3 Å². The van der Waals surface area contributed by atoms with Gasteiger partial charge in [-0.1, -0.05) is 0 Å². The van der Waals surface area contributed by atoms with E-state index in [0.29, 0.717) is 5.69 Å². The third-order valence-electron chi connectivity index (χ3n) is 2.16. The maximum Gasteiger partial charge on any atom is 0.163 e. The molecule has 0 saturated carbocycles. The van der Waals surface area contributed by atoms with Gasteiger partial charge < -0.3 is 9.88 Å². The van der Waals surface area contributed by atoms with Crippen molar-refractivity contribution >= 4 is 5.69 Å². The quantitative estimate of drug-likeness (QED) is 0.830. The molecule has 0 aliphatic rings. The second-order valence-corrected chi connectivity index (χ2v) is 3.24. The maximum atomic E-state index is 8.83. The molecule has 0 bridgehead atoms. The van der Waals surface area contributed by atoms with Crippen LogP contribution in [-0.4, -0.2) is 21.1 Å². The second kappa shape index (κ2) is 4.94. The monoisotopic (exact) mass is 213 g/mol. The third-order valence-corrected chi connectivity index (χ3v) is 2.16. The molecule has 2 aromatic rings. The van der Waals surface area contributed by atoms with E-state index in [1.54, 1.807) is 24.8 Å². The van der Waals surface area contributed by atoms with Gasteiger partial charge in [-0.05, 0) is 12.1 Å². The van der Waals surface area contributed by atoms with E-state index in [0.717, 1.165) is 18.8 Å². The molecule has 2 heterocycles. The lowest BCUT2D eigenvalue weighted by atomic mass is 10.3. The highest BCUT2D eigenvalue weighted by Gasteiger charge is 2.00. The van der Waals surface area contributed by atoms with Crippen molar-refractivity contribution in [2.45, 2.75) is 6.54 Å². The molecule has 0 fully saturated rings. The Labute approximate surface area is 93.4 Å². The summed E-state index contributed by atoms with van der Waals surface area (Å²) in [6.45, 7) is 1.54. The molecule has 0 amide bonds. The molecule has 16 heavy (non-hydrogen) atoms. The molecular weight excluding hydrogens is 202 g/mol. The predicted molar refractivity (Wildman–Crippen MR) is 59.7 cm³/mol. The largest absolute Gasteiger partial charge is 0.381 e. The van der Waals surface area contributed by atoms with Crippen LogP contribution in [0.25, 0.3) is 0 Å². The maximum absolute atomic E-state index is 8.83. The van der Waals surface area contributed by atoms with Crippen LogP contribution < -0.4 is 5.32 Å². The molecule has 0 saturated heterocycles. The van der Waals surface area contributed by atoms with Gasteiger partial charge in [-0.25, -0.2) is 9.97 Å². The predicted octanol–water partition coefficient (Wildman–Crippen LogP) is 1.26. The van der Waals surface area contributed by atoms with Gasteiger partial charge >= 0.3 is 0 Å². The Kier molecular flexibility index (Phi) is 3.14. The molecule has 5 heteroatoms. The van der Waals surface area contributed by atoms with Crippen molar-refractivity contribution in [1.82, 2.24) is 14.5 Å². The number of imidazole rings is 1. The van der Waals surface area contributed by atoms with Gasteiger partial charge in [-0.15, -0.1) is 0 Å². The normalized spacial score (nSPS) is 9.69. The first-order chi connectivity index (χ1) is 7.90. The second-order valence-electron chi connectivity index (χ2n) is 3.24. The van der Waals surface area contributed by atoms with Crippen molar-refractivity contribution in [1.29, 1.82) is 5.26 Å². The number of hydrogen-bond donors (Lipinski definition) is 1. The van der Waals surface area contributed by atoms with Crippen molar-refractivity contribution in [2.24, 2.45) is 0 Å². The van der Waals surface area contributed by atoms with Crippen LogP contribution in [0.3, 0.4) is 0 Å². The van der Waals surface area contributed by atoms with Crippen LogP contribution in [0.5, 0.6) is 0 Å². The van der Waals surface area contributed by atoms with E-state index < -0.39 is 0 Å². The Hall–Kier alpha value is -2.35. The summed E-state index contributed by atoms with van der Waals surface area (Å²) in [5.41, 5.74) is 1.19. The first-order valence-corrected chi connectivity index (χ1v) is 4.95. The summed E-state index contributed by atoms with van der Waals surface area (Å²) in [4.78, 5) is 7.92. The lowest BCUT2D eigenvalue weighted by Crippen LogP contribution is -2.10. The molecule has 0 aromatic carbocycles. The Morgan fingerprint density at radius 2 is 2.38 bits per heavy atom. The van der Waals surface area contributed by atoms with Gasteiger partial charge in [-0.3, -0.25) is 0 Å². The first kappa shape index (κ1) is 10.2. The van der Waals surface area contributed by atoms with Crippen molar-refractivity contribution in [2.75, 3.05) is 11.9 Å². The van der Waals surface area contributed by atoms with Gasteiger partial charge in [0.05, 0.1) is 12.0 Å². The number of nitrogens with one attached hydrogen (secondary N) is 1. The van der Waals surface area contributed by atoms with E-state index in [4.69, 9.17) is 5.26 Å². The third kappa shape index (κ3) is 2.36. The van der Waals surface area contributed by atoms with E-state index in [-0.39, 0.29) is 0 Å². The number of nitrogens with zero attached hydrogens (tertiary/aromatic N) is 4. The van der Waals surface area contributed by atoms with Gasteiger partial charge in [0.2, 0.25) is 0 Å². The molecule has 0 atom stereocenters. The number of hydrogen-bond acceptors (Lipinski definition) is 4. The Bertz CT molecular complexity index is 483. The number of anilines is 1. The first-order valence-electron chi connectivity index (χ1n) is 4.95. The van der Waals surface area contributed by atoms with Crippen LogP contribution in [0.1, 0.15) is 5.69 Å². The summed E-state index contributed by atoms with van der Waals surface area (Å²) in [5.74, 6) is 0. The lowest BCUT2D eigenvalue weighted by Gasteiger charge is -2.07. The molecule has 2 aromatic heterocycles. The molecule has 5 nitrogen and oxygen atoms in total. The highest BCUT2D eigenvalue weighted by atomic mass is 15.0. The number of nitriles is 1. The lowest BCUT2D eigenvalue weighted by molar-refractivity contribution is 0.726. The standard InChI is InChI=1S/C11H11N5/c12-8-11-10(2-1-3-14-11)15-5-7-16-6-4-13-9-16/h1-4,6,9,15H,5,7H2. The van der Waals surface area contributed by atoms with Crippen LogP contribution in [0.2, 0.25) is 0 Å². The molecule has 1 N–H and O–H groups in total. The zero-order valence-electron chi connectivity index (χ0n) is 8.67. The average molecular weight is 213 g/mol. The molecular formula is C11H11N5. The van der Waals surface area contributed by atoms with E-state index in [1.807, 2.05) is 22.9 Å². The van der Waals surface area contributed by atoms with Crippen molar-refractivity contribution in [3.63, 3.8) is 0 Å². The fourth-order valence-electron chi connectivity index (χ4n) is 1.38. The zero-order chi connectivity index (χ0) is 11.2. The van der Waals surface area contributed by atoms with Crippen LogP contribution in [0.15, 0.2) is 37.1 Å². The number of rotatable bonds is 4. The van der Waals surface area contributed by atoms with E-state index in [9.17, 15) is 0 Å². The van der Waals surface area contributed by atoms with Crippen molar-refractivity contribution in [3.05, 3.63) is 42.7 Å². The molecule has 0 unspecified atom stereocenters. The zero-order valence-corrected chi connectivity index (χ0v) is 8.67. The molecule has 80 valence electrons. The molecule has 2 rings (SSSR count). The fourth-order valence-corrected chi connectivity index (χ4v) is 1.38. The Balaban J connectivity index is 1.93. The SMILES string of the molecule is N#Cc1ncccc1NCCn1ccnc1. The van der Waals surface area contributed by atoms with Crippen LogP contribution in [0.4, 0.5) is 5.69 Å². The van der Waals surface area contributed by atoms with Gasteiger partial charge in [0.1, 0.15) is 6.07 Å². The van der Waals surface area contributed by atoms with Gasteiger partial charge in [0, 0.05) is 31.7 Å². The highest BCUT2D eigenvalue weighted by Crippen LogP contribution is 2.09. The number of pyridine rings is 1. The van der Waals surface area contributed by atoms with Crippen molar-refractivity contribution in [3.8, 4) is 6.07 Å². The summed E-state index contributed by atoms with van der Waals surface area (Å²) in [7, 11) is 0. The molecule has 0 aliphatic carbocycles. The smallest absolute Gasteiger partial charge is 0.163 e. The molecule has 0 spiro atoms. The molecule has 0 radical (unpaired) electrons. The van der Waals surface area contributed by atoms with Gasteiger partial charge in [0.25, 0.3) is 0 Å². The summed E-state index contributed by atoms with van der Waals surface area (Å²) in [5, 5.41) is 12.0. The number of aromatic nitrogens is 3. The average Bonchev–Trinajstić information content (AvgIpc) is 2.83. The molecule has 0 aliphatic heterocycles. The van der Waals surface area contributed by atoms with E-state index >= 15 is 0 Å². The van der Waals surface area contributed by atoms with Crippen LogP contribution in [-0.2, 0) is 6.54 Å². The summed E-state index contributed by atoms with van der Waals surface area (Å²) < 4.78 is 1.97. The summed E-state index contributed by atoms with van der Waals surface area (Å²) in [6.07, 6.45) is 7.01.